The Morgan fingerprint density at radius 1 is 1.44 bits per heavy atom. The van der Waals surface area contributed by atoms with E-state index in [0.717, 1.165) is 12.8 Å². The Balaban J connectivity index is 2.47. The first-order chi connectivity index (χ1) is 7.74. The van der Waals surface area contributed by atoms with E-state index in [2.05, 4.69) is 0 Å². The van der Waals surface area contributed by atoms with Gasteiger partial charge in [0.05, 0.1) is 6.61 Å². The Labute approximate surface area is 94.7 Å². The summed E-state index contributed by atoms with van der Waals surface area (Å²) in [5.41, 5.74) is 0.384. The predicted molar refractivity (Wildman–Crippen MR) is 61.3 cm³/mol. The molecule has 0 radical (unpaired) electrons. The van der Waals surface area contributed by atoms with Crippen LogP contribution in [0.5, 0.6) is 0 Å². The zero-order chi connectivity index (χ0) is 11.8. The highest BCUT2D eigenvalue weighted by molar-refractivity contribution is 5.87. The summed E-state index contributed by atoms with van der Waals surface area (Å²) in [6.45, 7) is 2.43. The van der Waals surface area contributed by atoms with Gasteiger partial charge in [-0.05, 0) is 18.6 Å². The SMILES string of the molecule is CCCCOC(=O)C=Cc1ccccc1F. The lowest BCUT2D eigenvalue weighted by atomic mass is 10.2. The third kappa shape index (κ3) is 4.26. The van der Waals surface area contributed by atoms with Crippen molar-refractivity contribution in [1.82, 2.24) is 0 Å². The first kappa shape index (κ1) is 12.4. The van der Waals surface area contributed by atoms with Gasteiger partial charge in [-0.15, -0.1) is 0 Å². The molecule has 1 aromatic rings. The van der Waals surface area contributed by atoms with Crippen LogP contribution < -0.4 is 0 Å². The van der Waals surface area contributed by atoms with Gasteiger partial charge in [-0.3, -0.25) is 0 Å². The summed E-state index contributed by atoms with van der Waals surface area (Å²) in [6, 6.07) is 6.27. The zero-order valence-corrected chi connectivity index (χ0v) is 9.28. The number of carbonyl (C=O) groups is 1. The highest BCUT2D eigenvalue weighted by Gasteiger charge is 1.98. The van der Waals surface area contributed by atoms with Crippen LogP contribution in [0.25, 0.3) is 6.08 Å². The molecule has 0 saturated carbocycles. The van der Waals surface area contributed by atoms with Crippen molar-refractivity contribution in [3.05, 3.63) is 41.7 Å². The molecule has 0 aliphatic carbocycles. The van der Waals surface area contributed by atoms with Gasteiger partial charge in [-0.1, -0.05) is 31.5 Å². The van der Waals surface area contributed by atoms with Crippen LogP contribution in [0.3, 0.4) is 0 Å². The lowest BCUT2D eigenvalue weighted by Gasteiger charge is -1.99. The van der Waals surface area contributed by atoms with Gasteiger partial charge in [-0.25, -0.2) is 9.18 Å². The lowest BCUT2D eigenvalue weighted by Crippen LogP contribution is -2.01. The molecule has 0 heterocycles. The highest BCUT2D eigenvalue weighted by Crippen LogP contribution is 2.08. The van der Waals surface area contributed by atoms with Gasteiger partial charge in [0, 0.05) is 11.6 Å². The molecule has 0 N–H and O–H groups in total. The van der Waals surface area contributed by atoms with Gasteiger partial charge >= 0.3 is 5.97 Å². The average molecular weight is 222 g/mol. The van der Waals surface area contributed by atoms with Crippen molar-refractivity contribution in [1.29, 1.82) is 0 Å². The minimum atomic E-state index is -0.434. The number of rotatable bonds is 5. The minimum Gasteiger partial charge on any atom is -0.463 e. The number of ether oxygens (including phenoxy) is 1. The summed E-state index contributed by atoms with van der Waals surface area (Å²) in [6.07, 6.45) is 4.49. The Morgan fingerprint density at radius 3 is 2.88 bits per heavy atom. The summed E-state index contributed by atoms with van der Waals surface area (Å²) in [7, 11) is 0. The quantitative estimate of drug-likeness (QED) is 0.434. The topological polar surface area (TPSA) is 26.3 Å². The molecule has 16 heavy (non-hydrogen) atoms. The van der Waals surface area contributed by atoms with Crippen molar-refractivity contribution in [3.63, 3.8) is 0 Å². The molecule has 0 bridgehead atoms. The Morgan fingerprint density at radius 2 is 2.19 bits per heavy atom. The Kier molecular flexibility index (Phi) is 5.26. The molecule has 0 unspecified atom stereocenters. The van der Waals surface area contributed by atoms with E-state index >= 15 is 0 Å². The summed E-state index contributed by atoms with van der Waals surface area (Å²) in [5.74, 6) is -0.781. The number of esters is 1. The molecule has 86 valence electrons. The van der Waals surface area contributed by atoms with Gasteiger partial charge in [0.2, 0.25) is 0 Å². The monoisotopic (exact) mass is 222 g/mol. The molecule has 0 spiro atoms. The van der Waals surface area contributed by atoms with Crippen molar-refractivity contribution >= 4 is 12.0 Å². The number of benzene rings is 1. The van der Waals surface area contributed by atoms with Gasteiger partial charge < -0.3 is 4.74 Å². The maximum absolute atomic E-state index is 13.1. The fraction of sp³-hybridized carbons (Fsp3) is 0.308. The summed E-state index contributed by atoms with van der Waals surface area (Å²) >= 11 is 0. The molecule has 1 aromatic carbocycles. The van der Waals surface area contributed by atoms with E-state index in [4.69, 9.17) is 4.74 Å². The van der Waals surface area contributed by atoms with Crippen LogP contribution in [-0.4, -0.2) is 12.6 Å². The van der Waals surface area contributed by atoms with Crippen molar-refractivity contribution in [2.75, 3.05) is 6.61 Å². The van der Waals surface area contributed by atoms with Gasteiger partial charge in [0.15, 0.2) is 0 Å². The van der Waals surface area contributed by atoms with Crippen molar-refractivity contribution in [3.8, 4) is 0 Å². The molecule has 0 aliphatic rings. The molecule has 0 aromatic heterocycles. The van der Waals surface area contributed by atoms with Gasteiger partial charge in [0.1, 0.15) is 5.82 Å². The smallest absolute Gasteiger partial charge is 0.330 e. The van der Waals surface area contributed by atoms with Crippen LogP contribution in [0.1, 0.15) is 25.3 Å². The number of halogens is 1. The van der Waals surface area contributed by atoms with E-state index in [1.807, 2.05) is 6.92 Å². The molecule has 0 atom stereocenters. The molecule has 0 amide bonds. The molecule has 0 fully saturated rings. The van der Waals surface area contributed by atoms with E-state index in [0.29, 0.717) is 12.2 Å². The van der Waals surface area contributed by atoms with Gasteiger partial charge in [0.25, 0.3) is 0 Å². The fourth-order valence-corrected chi connectivity index (χ4v) is 1.13. The number of hydrogen-bond acceptors (Lipinski definition) is 2. The number of hydrogen-bond donors (Lipinski definition) is 0. The average Bonchev–Trinajstić information content (AvgIpc) is 2.28. The largest absolute Gasteiger partial charge is 0.463 e. The summed E-state index contributed by atoms with van der Waals surface area (Å²) < 4.78 is 18.0. The van der Waals surface area contributed by atoms with E-state index in [-0.39, 0.29) is 5.82 Å². The van der Waals surface area contributed by atoms with E-state index in [1.165, 1.54) is 18.2 Å². The standard InChI is InChI=1S/C13H15FO2/c1-2-3-10-16-13(15)9-8-11-6-4-5-7-12(11)14/h4-9H,2-3,10H2,1H3. The lowest BCUT2D eigenvalue weighted by molar-refractivity contribution is -0.137. The van der Waals surface area contributed by atoms with Crippen LogP contribution in [0.15, 0.2) is 30.3 Å². The van der Waals surface area contributed by atoms with Crippen molar-refractivity contribution in [2.45, 2.75) is 19.8 Å². The van der Waals surface area contributed by atoms with E-state index in [1.54, 1.807) is 18.2 Å². The van der Waals surface area contributed by atoms with E-state index in [9.17, 15) is 9.18 Å². The van der Waals surface area contributed by atoms with Crippen LogP contribution >= 0.6 is 0 Å². The minimum absolute atomic E-state index is 0.347. The number of carbonyl (C=O) groups excluding carboxylic acids is 1. The molecule has 2 nitrogen and oxygen atoms in total. The van der Waals surface area contributed by atoms with Crippen molar-refractivity contribution in [2.24, 2.45) is 0 Å². The first-order valence-corrected chi connectivity index (χ1v) is 5.33. The molecular formula is C13H15FO2. The van der Waals surface area contributed by atoms with Gasteiger partial charge in [-0.2, -0.15) is 0 Å². The second kappa shape index (κ2) is 6.77. The van der Waals surface area contributed by atoms with Crippen LogP contribution in [0.4, 0.5) is 4.39 Å². The molecule has 3 heteroatoms. The summed E-state index contributed by atoms with van der Waals surface area (Å²) in [4.78, 5) is 11.2. The second-order valence-electron chi connectivity index (χ2n) is 3.38. The molecule has 0 aliphatic heterocycles. The van der Waals surface area contributed by atoms with Crippen LogP contribution in [-0.2, 0) is 9.53 Å². The van der Waals surface area contributed by atoms with E-state index < -0.39 is 5.97 Å². The van der Waals surface area contributed by atoms with Crippen LogP contribution in [0, 0.1) is 5.82 Å². The van der Waals surface area contributed by atoms with Crippen LogP contribution in [0.2, 0.25) is 0 Å². The predicted octanol–water partition coefficient (Wildman–Crippen LogP) is 3.18. The third-order valence-electron chi connectivity index (χ3n) is 2.05. The Bertz CT molecular complexity index is 372. The zero-order valence-electron chi connectivity index (χ0n) is 9.28. The molecule has 1 rings (SSSR count). The normalized spacial score (nSPS) is 10.6. The number of unbranched alkanes of at least 4 members (excludes halogenated alkanes) is 1. The third-order valence-corrected chi connectivity index (χ3v) is 2.05. The van der Waals surface area contributed by atoms with Crippen molar-refractivity contribution < 1.29 is 13.9 Å². The highest BCUT2D eigenvalue weighted by atomic mass is 19.1. The second-order valence-corrected chi connectivity index (χ2v) is 3.38. The Hall–Kier alpha value is -1.64. The first-order valence-electron chi connectivity index (χ1n) is 5.33. The molecule has 0 saturated heterocycles. The molecular weight excluding hydrogens is 207 g/mol. The maximum Gasteiger partial charge on any atom is 0.330 e. The fourth-order valence-electron chi connectivity index (χ4n) is 1.13. The summed E-state index contributed by atoms with van der Waals surface area (Å²) in [5, 5.41) is 0. The maximum atomic E-state index is 13.1.